The third-order valence-electron chi connectivity index (χ3n) is 4.10. The average Bonchev–Trinajstić information content (AvgIpc) is 2.76. The van der Waals surface area contributed by atoms with Gasteiger partial charge in [-0.1, -0.05) is 30.3 Å². The number of anilines is 1. The van der Waals surface area contributed by atoms with Gasteiger partial charge in [0.1, 0.15) is 5.82 Å². The van der Waals surface area contributed by atoms with E-state index in [0.29, 0.717) is 17.5 Å². The van der Waals surface area contributed by atoms with E-state index in [1.807, 2.05) is 18.2 Å². The molecule has 2 N–H and O–H groups in total. The zero-order valence-electron chi connectivity index (χ0n) is 12.1. The van der Waals surface area contributed by atoms with Crippen LogP contribution in [0.3, 0.4) is 0 Å². The molecule has 1 heterocycles. The highest BCUT2D eigenvalue weighted by molar-refractivity contribution is 6.00. The van der Waals surface area contributed by atoms with Crippen LogP contribution in [-0.2, 0) is 11.2 Å². The lowest BCUT2D eigenvalue weighted by Crippen LogP contribution is -2.20. The number of benzene rings is 2. The summed E-state index contributed by atoms with van der Waals surface area (Å²) in [5.41, 5.74) is 9.94. The summed E-state index contributed by atoms with van der Waals surface area (Å²) in [4.78, 5) is 13.4. The van der Waals surface area contributed by atoms with Crippen molar-refractivity contribution in [1.82, 2.24) is 0 Å². The van der Waals surface area contributed by atoms with E-state index in [1.54, 1.807) is 37.1 Å². The Bertz CT molecular complexity index is 727. The summed E-state index contributed by atoms with van der Waals surface area (Å²) in [5, 5.41) is 0. The highest BCUT2D eigenvalue weighted by atomic mass is 19.1. The van der Waals surface area contributed by atoms with Crippen LogP contribution in [0.5, 0.6) is 0 Å². The second-order valence-electron chi connectivity index (χ2n) is 5.47. The highest BCUT2D eigenvalue weighted by Crippen LogP contribution is 2.32. The van der Waals surface area contributed by atoms with E-state index in [-0.39, 0.29) is 11.7 Å². The molecule has 21 heavy (non-hydrogen) atoms. The molecule has 0 fully saturated rings. The Morgan fingerprint density at radius 3 is 2.81 bits per heavy atom. The van der Waals surface area contributed by atoms with E-state index in [9.17, 15) is 9.18 Å². The third-order valence-corrected chi connectivity index (χ3v) is 4.10. The predicted octanol–water partition coefficient (Wildman–Crippen LogP) is 2.70. The van der Waals surface area contributed by atoms with E-state index in [4.69, 9.17) is 5.73 Å². The maximum absolute atomic E-state index is 14.2. The molecule has 4 heteroatoms. The highest BCUT2D eigenvalue weighted by Gasteiger charge is 2.25. The summed E-state index contributed by atoms with van der Waals surface area (Å²) in [6.45, 7) is 1.72. The van der Waals surface area contributed by atoms with Crippen LogP contribution in [0.1, 0.15) is 28.3 Å². The zero-order valence-corrected chi connectivity index (χ0v) is 12.1. The summed E-state index contributed by atoms with van der Waals surface area (Å²) in [5.74, 6) is -0.198. The molecule has 0 spiro atoms. The van der Waals surface area contributed by atoms with Crippen LogP contribution >= 0.6 is 0 Å². The number of halogens is 1. The van der Waals surface area contributed by atoms with Gasteiger partial charge in [0.05, 0.1) is 12.5 Å². The minimum atomic E-state index is -0.531. The van der Waals surface area contributed by atoms with E-state index >= 15 is 0 Å². The number of nitrogens with zero attached hydrogens (tertiary/aromatic N) is 1. The monoisotopic (exact) mass is 284 g/mol. The first kappa shape index (κ1) is 13.8. The molecule has 1 atom stereocenters. The molecule has 2 aromatic carbocycles. The minimum Gasteiger partial charge on any atom is -0.320 e. The van der Waals surface area contributed by atoms with Crippen LogP contribution < -0.4 is 10.6 Å². The Labute approximate surface area is 123 Å². The molecule has 1 unspecified atom stereocenters. The quantitative estimate of drug-likeness (QED) is 0.921. The zero-order chi connectivity index (χ0) is 15.1. The molecular weight excluding hydrogens is 267 g/mol. The topological polar surface area (TPSA) is 46.3 Å². The van der Waals surface area contributed by atoms with Gasteiger partial charge in [0.25, 0.3) is 0 Å². The fourth-order valence-corrected chi connectivity index (χ4v) is 2.77. The lowest BCUT2D eigenvalue weighted by molar-refractivity contribution is -0.117. The molecule has 1 amide bonds. The number of rotatable bonds is 2. The van der Waals surface area contributed by atoms with Crippen molar-refractivity contribution in [2.75, 3.05) is 11.9 Å². The predicted molar refractivity (Wildman–Crippen MR) is 80.7 cm³/mol. The van der Waals surface area contributed by atoms with E-state index in [1.165, 1.54) is 0 Å². The van der Waals surface area contributed by atoms with Crippen LogP contribution in [0.4, 0.5) is 10.1 Å². The summed E-state index contributed by atoms with van der Waals surface area (Å²) in [7, 11) is 1.76. The molecule has 0 bridgehead atoms. The number of amides is 1. The number of hydrogen-bond donors (Lipinski definition) is 1. The van der Waals surface area contributed by atoms with Crippen molar-refractivity contribution in [3.8, 4) is 0 Å². The SMILES string of the molecule is Cc1cccc(C(N)c2ccc3c(c2)CC(=O)N3C)c1F. The average molecular weight is 284 g/mol. The summed E-state index contributed by atoms with van der Waals surface area (Å²) >= 11 is 0. The molecule has 108 valence electrons. The van der Waals surface area contributed by atoms with Gasteiger partial charge in [-0.25, -0.2) is 4.39 Å². The fourth-order valence-electron chi connectivity index (χ4n) is 2.77. The summed E-state index contributed by atoms with van der Waals surface area (Å²) in [6, 6.07) is 10.3. The normalized spacial score (nSPS) is 15.2. The molecule has 0 radical (unpaired) electrons. The molecule has 0 aliphatic carbocycles. The lowest BCUT2D eigenvalue weighted by atomic mass is 9.95. The Morgan fingerprint density at radius 2 is 2.05 bits per heavy atom. The second-order valence-corrected chi connectivity index (χ2v) is 5.47. The number of fused-ring (bicyclic) bond motifs is 1. The Hall–Kier alpha value is -2.20. The standard InChI is InChI=1S/C17H17FN2O/c1-10-4-3-5-13(16(10)18)17(19)11-6-7-14-12(8-11)9-15(21)20(14)2/h3-8,17H,9,19H2,1-2H3. The number of carbonyl (C=O) groups excluding carboxylic acids is 1. The van der Waals surface area contributed by atoms with Gasteiger partial charge in [-0.2, -0.15) is 0 Å². The van der Waals surface area contributed by atoms with Gasteiger partial charge in [0.2, 0.25) is 5.91 Å². The van der Waals surface area contributed by atoms with Gasteiger partial charge in [-0.05, 0) is 29.7 Å². The van der Waals surface area contributed by atoms with Crippen molar-refractivity contribution in [1.29, 1.82) is 0 Å². The lowest BCUT2D eigenvalue weighted by Gasteiger charge is -2.16. The maximum atomic E-state index is 14.2. The largest absolute Gasteiger partial charge is 0.320 e. The number of nitrogens with two attached hydrogens (primary N) is 1. The van der Waals surface area contributed by atoms with Crippen LogP contribution in [0.15, 0.2) is 36.4 Å². The first-order valence-corrected chi connectivity index (χ1v) is 6.89. The Balaban J connectivity index is 2.00. The van der Waals surface area contributed by atoms with E-state index < -0.39 is 6.04 Å². The van der Waals surface area contributed by atoms with Crippen molar-refractivity contribution < 1.29 is 9.18 Å². The molecular formula is C17H17FN2O. The minimum absolute atomic E-state index is 0.0671. The molecule has 1 aliphatic heterocycles. The summed E-state index contributed by atoms with van der Waals surface area (Å²) in [6.07, 6.45) is 0.378. The molecule has 0 saturated carbocycles. The molecule has 1 aliphatic rings. The van der Waals surface area contributed by atoms with Gasteiger partial charge in [0.15, 0.2) is 0 Å². The first-order valence-electron chi connectivity index (χ1n) is 6.89. The van der Waals surface area contributed by atoms with Crippen molar-refractivity contribution in [3.63, 3.8) is 0 Å². The van der Waals surface area contributed by atoms with Gasteiger partial charge in [0, 0.05) is 18.3 Å². The van der Waals surface area contributed by atoms with Crippen molar-refractivity contribution in [2.24, 2.45) is 5.73 Å². The molecule has 3 rings (SSSR count). The number of carbonyl (C=O) groups is 1. The molecule has 0 saturated heterocycles. The fraction of sp³-hybridized carbons (Fsp3) is 0.235. The smallest absolute Gasteiger partial charge is 0.231 e. The summed E-state index contributed by atoms with van der Waals surface area (Å²) < 4.78 is 14.2. The second kappa shape index (κ2) is 4.97. The third kappa shape index (κ3) is 2.21. The Kier molecular flexibility index (Phi) is 3.26. The van der Waals surface area contributed by atoms with E-state index in [2.05, 4.69) is 0 Å². The van der Waals surface area contributed by atoms with E-state index in [0.717, 1.165) is 16.8 Å². The van der Waals surface area contributed by atoms with Crippen LogP contribution in [0.2, 0.25) is 0 Å². The van der Waals surface area contributed by atoms with Crippen LogP contribution in [-0.4, -0.2) is 13.0 Å². The molecule has 2 aromatic rings. The number of likely N-dealkylation sites (N-methyl/N-ethyl adjacent to an activating group) is 1. The number of aryl methyl sites for hydroxylation is 1. The van der Waals surface area contributed by atoms with Crippen molar-refractivity contribution in [3.05, 3.63) is 64.5 Å². The van der Waals surface area contributed by atoms with Gasteiger partial charge >= 0.3 is 0 Å². The molecule has 3 nitrogen and oxygen atoms in total. The van der Waals surface area contributed by atoms with Crippen molar-refractivity contribution >= 4 is 11.6 Å². The molecule has 0 aromatic heterocycles. The van der Waals surface area contributed by atoms with Gasteiger partial charge in [-0.15, -0.1) is 0 Å². The van der Waals surface area contributed by atoms with Crippen LogP contribution in [0.25, 0.3) is 0 Å². The van der Waals surface area contributed by atoms with Crippen molar-refractivity contribution in [2.45, 2.75) is 19.4 Å². The number of hydrogen-bond acceptors (Lipinski definition) is 2. The van der Waals surface area contributed by atoms with Gasteiger partial charge < -0.3 is 10.6 Å². The Morgan fingerprint density at radius 1 is 1.29 bits per heavy atom. The van der Waals surface area contributed by atoms with Crippen LogP contribution in [0, 0.1) is 12.7 Å². The first-order chi connectivity index (χ1) is 9.99. The maximum Gasteiger partial charge on any atom is 0.231 e. The van der Waals surface area contributed by atoms with Gasteiger partial charge in [-0.3, -0.25) is 4.79 Å².